The fourth-order valence-electron chi connectivity index (χ4n) is 1.28. The normalized spacial score (nSPS) is 25.5. The van der Waals surface area contributed by atoms with Crippen LogP contribution in [0.2, 0.25) is 13.1 Å². The Morgan fingerprint density at radius 3 is 2.73 bits per heavy atom. The Bertz CT molecular complexity index is 395. The highest BCUT2D eigenvalue weighted by Crippen LogP contribution is 2.17. The fraction of sp³-hybridized carbons (Fsp3) is 0.625. The molecule has 1 fully saturated rings. The molecule has 0 N–H and O–H groups in total. The minimum atomic E-state index is -3.38. The maximum atomic E-state index is 11.0. The van der Waals surface area contributed by atoms with Crippen LogP contribution in [-0.4, -0.2) is 35.2 Å². The Kier molecular flexibility index (Phi) is 3.67. The highest BCUT2D eigenvalue weighted by atomic mass is 32.2. The Balaban J connectivity index is 2.57. The van der Waals surface area contributed by atoms with E-state index in [2.05, 4.69) is 4.18 Å². The molecule has 0 bridgehead atoms. The van der Waals surface area contributed by atoms with E-state index in [1.54, 1.807) is 5.70 Å². The molecular weight excluding hydrogens is 234 g/mol. The maximum absolute atomic E-state index is 11.0. The van der Waals surface area contributed by atoms with E-state index in [4.69, 9.17) is 9.69 Å². The van der Waals surface area contributed by atoms with Gasteiger partial charge in [0.2, 0.25) is 8.32 Å². The van der Waals surface area contributed by atoms with Crippen LogP contribution in [-0.2, 0) is 18.7 Å². The minimum Gasteiger partial charge on any atom is -0.407 e. The van der Waals surface area contributed by atoms with Crippen LogP contribution in [0.25, 0.3) is 0 Å². The summed E-state index contributed by atoms with van der Waals surface area (Å²) in [5.74, 6) is -0.0934. The van der Waals surface area contributed by atoms with Crippen molar-refractivity contribution in [1.82, 2.24) is 0 Å². The van der Waals surface area contributed by atoms with Crippen molar-refractivity contribution in [2.24, 2.45) is 0 Å². The molecule has 0 aromatic carbocycles. The van der Waals surface area contributed by atoms with Gasteiger partial charge in [-0.25, -0.2) is 0 Å². The first-order chi connectivity index (χ1) is 6.85. The molecule has 0 saturated carbocycles. The van der Waals surface area contributed by atoms with E-state index >= 15 is 0 Å². The second kappa shape index (κ2) is 4.45. The molecule has 0 aliphatic carbocycles. The predicted octanol–water partition coefficient (Wildman–Crippen LogP) is 0.556. The predicted molar refractivity (Wildman–Crippen MR) is 56.8 cm³/mol. The molecule has 0 aromatic heterocycles. The first kappa shape index (κ1) is 12.4. The molecule has 0 amide bonds. The van der Waals surface area contributed by atoms with E-state index in [0.29, 0.717) is 0 Å². The van der Waals surface area contributed by atoms with Gasteiger partial charge in [0.25, 0.3) is 10.1 Å². The van der Waals surface area contributed by atoms with Crippen LogP contribution < -0.4 is 0 Å². The third kappa shape index (κ3) is 4.13. The van der Waals surface area contributed by atoms with E-state index in [9.17, 15) is 8.42 Å². The van der Waals surface area contributed by atoms with Gasteiger partial charge < -0.3 is 4.43 Å². The summed E-state index contributed by atoms with van der Waals surface area (Å²) in [5.41, 5.74) is 1.72. The Labute approximate surface area is 90.6 Å². The van der Waals surface area contributed by atoms with Crippen LogP contribution in [0.4, 0.5) is 0 Å². The number of nitriles is 1. The van der Waals surface area contributed by atoms with Gasteiger partial charge in [-0.2, -0.15) is 13.7 Å². The van der Waals surface area contributed by atoms with Crippen molar-refractivity contribution in [3.63, 3.8) is 0 Å². The first-order valence-corrected chi connectivity index (χ1v) is 9.03. The summed E-state index contributed by atoms with van der Waals surface area (Å²) in [6.45, 7) is 3.87. The number of nitrogens with zero attached hydrogens (tertiary/aromatic N) is 1. The van der Waals surface area contributed by atoms with E-state index in [0.717, 1.165) is 0 Å². The molecule has 15 heavy (non-hydrogen) atoms. The first-order valence-electron chi connectivity index (χ1n) is 4.47. The van der Waals surface area contributed by atoms with E-state index < -0.39 is 24.5 Å². The molecule has 1 saturated heterocycles. The van der Waals surface area contributed by atoms with Crippen molar-refractivity contribution in [2.45, 2.75) is 19.2 Å². The average Bonchev–Trinajstić information content (AvgIpc) is 2.41. The SMILES string of the molecule is C[Si](C)(C=CC#N)OC1COS(=O)(=O)C1. The van der Waals surface area contributed by atoms with Gasteiger partial charge in [-0.05, 0) is 13.1 Å². The lowest BCUT2D eigenvalue weighted by Gasteiger charge is -2.21. The molecule has 1 heterocycles. The fourth-order valence-corrected chi connectivity index (χ4v) is 4.04. The van der Waals surface area contributed by atoms with E-state index in [-0.39, 0.29) is 12.4 Å². The highest BCUT2D eigenvalue weighted by Gasteiger charge is 2.34. The van der Waals surface area contributed by atoms with Crippen molar-refractivity contribution in [1.29, 1.82) is 5.26 Å². The van der Waals surface area contributed by atoms with Crippen LogP contribution in [0.3, 0.4) is 0 Å². The molecule has 1 aliphatic heterocycles. The number of rotatable bonds is 3. The lowest BCUT2D eigenvalue weighted by atomic mass is 10.5. The molecule has 0 radical (unpaired) electrons. The third-order valence-corrected chi connectivity index (χ3v) is 5.04. The smallest absolute Gasteiger partial charge is 0.270 e. The van der Waals surface area contributed by atoms with Crippen molar-refractivity contribution >= 4 is 18.4 Å². The maximum Gasteiger partial charge on any atom is 0.270 e. The van der Waals surface area contributed by atoms with Crippen molar-refractivity contribution < 1.29 is 17.0 Å². The number of hydrogen-bond acceptors (Lipinski definition) is 5. The van der Waals surface area contributed by atoms with Crippen molar-refractivity contribution in [3.05, 3.63) is 11.8 Å². The van der Waals surface area contributed by atoms with Gasteiger partial charge in [0.15, 0.2) is 0 Å². The Morgan fingerprint density at radius 2 is 2.27 bits per heavy atom. The van der Waals surface area contributed by atoms with Crippen LogP contribution in [0.5, 0.6) is 0 Å². The molecule has 5 nitrogen and oxygen atoms in total. The van der Waals surface area contributed by atoms with Gasteiger partial charge in [0.05, 0.1) is 18.8 Å². The van der Waals surface area contributed by atoms with Crippen LogP contribution >= 0.6 is 0 Å². The summed E-state index contributed by atoms with van der Waals surface area (Å²) >= 11 is 0. The molecular formula is C8H13NO4SSi. The highest BCUT2D eigenvalue weighted by molar-refractivity contribution is 7.87. The lowest BCUT2D eigenvalue weighted by molar-refractivity contribution is 0.175. The van der Waals surface area contributed by atoms with Gasteiger partial charge in [0.1, 0.15) is 5.75 Å². The van der Waals surface area contributed by atoms with Gasteiger partial charge in [0, 0.05) is 6.08 Å². The zero-order valence-electron chi connectivity index (χ0n) is 8.63. The molecule has 1 atom stereocenters. The second-order valence-corrected chi connectivity index (χ2v) is 9.27. The third-order valence-electron chi connectivity index (χ3n) is 1.85. The topological polar surface area (TPSA) is 76.4 Å². The van der Waals surface area contributed by atoms with Gasteiger partial charge >= 0.3 is 0 Å². The van der Waals surface area contributed by atoms with E-state index in [1.807, 2.05) is 19.2 Å². The number of allylic oxidation sites excluding steroid dienone is 1. The minimum absolute atomic E-state index is 0.0825. The van der Waals surface area contributed by atoms with Crippen LogP contribution in [0, 0.1) is 11.3 Å². The molecule has 1 aliphatic rings. The van der Waals surface area contributed by atoms with E-state index in [1.165, 1.54) is 6.08 Å². The zero-order chi connectivity index (χ0) is 11.5. The molecule has 0 aromatic rings. The lowest BCUT2D eigenvalue weighted by Crippen LogP contribution is -2.35. The summed E-state index contributed by atoms with van der Waals surface area (Å²) in [4.78, 5) is 0. The molecule has 0 spiro atoms. The van der Waals surface area contributed by atoms with Crippen LogP contribution in [0.15, 0.2) is 11.8 Å². The Morgan fingerprint density at radius 1 is 1.60 bits per heavy atom. The van der Waals surface area contributed by atoms with Crippen LogP contribution in [0.1, 0.15) is 0 Å². The number of hydrogen-bond donors (Lipinski definition) is 0. The van der Waals surface area contributed by atoms with Gasteiger partial charge in [-0.1, -0.05) is 5.70 Å². The summed E-state index contributed by atoms with van der Waals surface area (Å²) in [6, 6.07) is 1.89. The van der Waals surface area contributed by atoms with Gasteiger partial charge in [-0.3, -0.25) is 4.18 Å². The largest absolute Gasteiger partial charge is 0.407 e. The van der Waals surface area contributed by atoms with Crippen molar-refractivity contribution in [2.75, 3.05) is 12.4 Å². The molecule has 1 rings (SSSR count). The summed E-state index contributed by atoms with van der Waals surface area (Å²) in [6.07, 6.45) is 0.969. The second-order valence-electron chi connectivity index (χ2n) is 3.81. The zero-order valence-corrected chi connectivity index (χ0v) is 10.5. The van der Waals surface area contributed by atoms with Gasteiger partial charge in [-0.15, -0.1) is 0 Å². The summed E-state index contributed by atoms with van der Waals surface area (Å²) in [7, 11) is -5.48. The Hall–Kier alpha value is -0.683. The monoisotopic (exact) mass is 247 g/mol. The summed E-state index contributed by atoms with van der Waals surface area (Å²) < 4.78 is 32.2. The molecule has 1 unspecified atom stereocenters. The average molecular weight is 247 g/mol. The molecule has 7 heteroatoms. The quantitative estimate of drug-likeness (QED) is 0.413. The standard InChI is InChI=1S/C8H13NO4SSi/c1-15(2,5-3-4-9)13-8-6-12-14(10,11)7-8/h3,5,8H,6-7H2,1-2H3. The van der Waals surface area contributed by atoms with Crippen molar-refractivity contribution in [3.8, 4) is 6.07 Å². The summed E-state index contributed by atoms with van der Waals surface area (Å²) in [5, 5.41) is 8.38. The molecule has 84 valence electrons.